The second-order valence-electron chi connectivity index (χ2n) is 4.99. The third-order valence-corrected chi connectivity index (χ3v) is 3.37. The minimum absolute atomic E-state index is 0.0700. The lowest BCUT2D eigenvalue weighted by Crippen LogP contribution is -2.05. The lowest BCUT2D eigenvalue weighted by molar-refractivity contribution is -0.129. The number of carbonyl (C=O) groups excluding carboxylic acids is 1. The molecule has 1 heterocycles. The number of methoxy groups -OCH3 is 2. The third-order valence-electron chi connectivity index (χ3n) is 3.37. The normalized spacial score (nSPS) is 15.2. The number of hydrogen-bond acceptors (Lipinski definition) is 5. The van der Waals surface area contributed by atoms with Gasteiger partial charge in [0, 0.05) is 11.6 Å². The van der Waals surface area contributed by atoms with E-state index in [0.29, 0.717) is 22.6 Å². The quantitative estimate of drug-likeness (QED) is 0.639. The summed E-state index contributed by atoms with van der Waals surface area (Å²) in [6.07, 6.45) is 1.56. The molecule has 0 radical (unpaired) electrons. The first-order chi connectivity index (χ1) is 11.6. The Morgan fingerprint density at radius 1 is 1.08 bits per heavy atom. The van der Waals surface area contributed by atoms with Crippen LogP contribution in [0.2, 0.25) is 0 Å². The summed E-state index contributed by atoms with van der Waals surface area (Å²) in [5, 5.41) is 0. The molecule has 0 fully saturated rings. The van der Waals surface area contributed by atoms with Gasteiger partial charge in [0.15, 0.2) is 5.70 Å². The Labute approximate surface area is 138 Å². The van der Waals surface area contributed by atoms with Gasteiger partial charge in [-0.25, -0.2) is 14.2 Å². The van der Waals surface area contributed by atoms with Crippen LogP contribution in [0.15, 0.2) is 53.2 Å². The summed E-state index contributed by atoms with van der Waals surface area (Å²) in [6.45, 7) is 0. The van der Waals surface area contributed by atoms with E-state index in [0.717, 1.165) is 0 Å². The fraction of sp³-hybridized carbons (Fsp3) is 0.111. The smallest absolute Gasteiger partial charge is 0.363 e. The Balaban J connectivity index is 1.97. The van der Waals surface area contributed by atoms with Crippen molar-refractivity contribution in [3.8, 4) is 11.5 Å². The van der Waals surface area contributed by atoms with E-state index >= 15 is 0 Å². The van der Waals surface area contributed by atoms with Crippen molar-refractivity contribution in [3.63, 3.8) is 0 Å². The molecule has 0 N–H and O–H groups in total. The van der Waals surface area contributed by atoms with Crippen molar-refractivity contribution >= 4 is 17.9 Å². The monoisotopic (exact) mass is 327 g/mol. The molecule has 0 bridgehead atoms. The molecule has 1 aliphatic heterocycles. The van der Waals surface area contributed by atoms with Crippen LogP contribution < -0.4 is 9.47 Å². The van der Waals surface area contributed by atoms with Crippen molar-refractivity contribution in [1.82, 2.24) is 0 Å². The Morgan fingerprint density at radius 2 is 1.79 bits per heavy atom. The van der Waals surface area contributed by atoms with Gasteiger partial charge in [0.25, 0.3) is 0 Å². The van der Waals surface area contributed by atoms with Crippen molar-refractivity contribution in [2.75, 3.05) is 14.2 Å². The van der Waals surface area contributed by atoms with Crippen molar-refractivity contribution in [1.29, 1.82) is 0 Å². The molecule has 2 aromatic rings. The molecule has 0 amide bonds. The highest BCUT2D eigenvalue weighted by atomic mass is 19.1. The highest BCUT2D eigenvalue weighted by Crippen LogP contribution is 2.26. The van der Waals surface area contributed by atoms with E-state index in [9.17, 15) is 9.18 Å². The number of nitrogens with zero attached hydrogens (tertiary/aromatic N) is 1. The van der Waals surface area contributed by atoms with Gasteiger partial charge in [0.05, 0.1) is 14.2 Å². The zero-order valence-corrected chi connectivity index (χ0v) is 13.1. The van der Waals surface area contributed by atoms with Crippen molar-refractivity contribution in [3.05, 3.63) is 65.1 Å². The fourth-order valence-corrected chi connectivity index (χ4v) is 2.22. The highest BCUT2D eigenvalue weighted by molar-refractivity contribution is 6.12. The van der Waals surface area contributed by atoms with E-state index in [4.69, 9.17) is 14.2 Å². The highest BCUT2D eigenvalue weighted by Gasteiger charge is 2.24. The molecule has 122 valence electrons. The first-order valence-corrected chi connectivity index (χ1v) is 7.10. The molecule has 0 atom stereocenters. The summed E-state index contributed by atoms with van der Waals surface area (Å²) in [5.41, 5.74) is 1.18. The molecular formula is C18H14FNO4. The van der Waals surface area contributed by atoms with Crippen LogP contribution in [0.4, 0.5) is 4.39 Å². The molecule has 6 heteroatoms. The van der Waals surface area contributed by atoms with Gasteiger partial charge in [-0.15, -0.1) is 0 Å². The van der Waals surface area contributed by atoms with Crippen LogP contribution in [-0.2, 0) is 9.53 Å². The predicted molar refractivity (Wildman–Crippen MR) is 86.6 cm³/mol. The number of hydrogen-bond donors (Lipinski definition) is 0. The van der Waals surface area contributed by atoms with Crippen LogP contribution in [0, 0.1) is 5.82 Å². The number of ether oxygens (including phenoxy) is 3. The van der Waals surface area contributed by atoms with Gasteiger partial charge < -0.3 is 14.2 Å². The average molecular weight is 327 g/mol. The van der Waals surface area contributed by atoms with Gasteiger partial charge in [-0.2, -0.15) is 0 Å². The minimum atomic E-state index is -0.601. The predicted octanol–water partition coefficient (Wildman–Crippen LogP) is 3.19. The molecule has 0 saturated carbocycles. The Bertz CT molecular complexity index is 836. The first-order valence-electron chi connectivity index (χ1n) is 7.10. The molecular weight excluding hydrogens is 313 g/mol. The van der Waals surface area contributed by atoms with E-state index in [1.165, 1.54) is 32.4 Å². The van der Waals surface area contributed by atoms with Gasteiger partial charge in [0.1, 0.15) is 17.3 Å². The molecule has 0 aliphatic carbocycles. The van der Waals surface area contributed by atoms with E-state index < -0.39 is 11.8 Å². The topological polar surface area (TPSA) is 57.1 Å². The number of halogens is 1. The Kier molecular flexibility index (Phi) is 4.29. The van der Waals surface area contributed by atoms with E-state index in [-0.39, 0.29) is 11.6 Å². The third kappa shape index (κ3) is 3.27. The number of esters is 1. The number of carbonyl (C=O) groups is 1. The van der Waals surface area contributed by atoms with Gasteiger partial charge in [0.2, 0.25) is 5.90 Å². The summed E-state index contributed by atoms with van der Waals surface area (Å²) in [4.78, 5) is 16.1. The maximum atomic E-state index is 13.3. The summed E-state index contributed by atoms with van der Waals surface area (Å²) < 4.78 is 28.8. The maximum absolute atomic E-state index is 13.3. The van der Waals surface area contributed by atoms with Gasteiger partial charge >= 0.3 is 5.97 Å². The van der Waals surface area contributed by atoms with Crippen LogP contribution in [0.25, 0.3) is 6.08 Å². The van der Waals surface area contributed by atoms with Crippen LogP contribution in [0.3, 0.4) is 0 Å². The van der Waals surface area contributed by atoms with E-state index in [1.54, 1.807) is 30.3 Å². The van der Waals surface area contributed by atoms with Crippen molar-refractivity contribution < 1.29 is 23.4 Å². The van der Waals surface area contributed by atoms with E-state index in [1.807, 2.05) is 0 Å². The largest absolute Gasteiger partial charge is 0.497 e. The molecule has 0 saturated heterocycles. The summed E-state index contributed by atoms with van der Waals surface area (Å²) in [5.74, 6) is 0.210. The Morgan fingerprint density at radius 3 is 2.42 bits per heavy atom. The SMILES string of the molecule is COc1cc(C=C2N=C(c3cccc(F)c3)OC2=O)cc(OC)c1. The zero-order valence-electron chi connectivity index (χ0n) is 13.1. The molecule has 1 aliphatic rings. The molecule has 3 rings (SSSR count). The minimum Gasteiger partial charge on any atom is -0.497 e. The van der Waals surface area contributed by atoms with Crippen LogP contribution in [0.1, 0.15) is 11.1 Å². The summed E-state index contributed by atoms with van der Waals surface area (Å²) in [6, 6.07) is 10.9. The summed E-state index contributed by atoms with van der Waals surface area (Å²) in [7, 11) is 3.07. The number of cyclic esters (lactones) is 1. The Hall–Kier alpha value is -3.15. The zero-order chi connectivity index (χ0) is 17.1. The fourth-order valence-electron chi connectivity index (χ4n) is 2.22. The van der Waals surface area contributed by atoms with Gasteiger partial charge in [-0.3, -0.25) is 0 Å². The second kappa shape index (κ2) is 6.54. The average Bonchev–Trinajstić information content (AvgIpc) is 2.95. The second-order valence-corrected chi connectivity index (χ2v) is 4.99. The lowest BCUT2D eigenvalue weighted by Gasteiger charge is -2.05. The number of aliphatic imine (C=N–C) groups is 1. The first kappa shape index (κ1) is 15.7. The van der Waals surface area contributed by atoms with E-state index in [2.05, 4.69) is 4.99 Å². The standard InChI is InChI=1S/C18H14FNO4/c1-22-14-6-11(7-15(10-14)23-2)8-16-18(21)24-17(20-16)12-4-3-5-13(19)9-12/h3-10H,1-2H3. The van der Waals surface area contributed by atoms with Crippen LogP contribution in [0.5, 0.6) is 11.5 Å². The molecule has 0 spiro atoms. The summed E-state index contributed by atoms with van der Waals surface area (Å²) >= 11 is 0. The van der Waals surface area contributed by atoms with Crippen LogP contribution >= 0.6 is 0 Å². The lowest BCUT2D eigenvalue weighted by atomic mass is 10.1. The van der Waals surface area contributed by atoms with Crippen LogP contribution in [-0.4, -0.2) is 26.1 Å². The molecule has 0 unspecified atom stereocenters. The van der Waals surface area contributed by atoms with Gasteiger partial charge in [-0.05, 0) is 42.0 Å². The van der Waals surface area contributed by atoms with Crippen molar-refractivity contribution in [2.45, 2.75) is 0 Å². The molecule has 5 nitrogen and oxygen atoms in total. The van der Waals surface area contributed by atoms with Gasteiger partial charge in [-0.1, -0.05) is 6.07 Å². The van der Waals surface area contributed by atoms with Crippen molar-refractivity contribution in [2.24, 2.45) is 4.99 Å². The number of benzene rings is 2. The molecule has 24 heavy (non-hydrogen) atoms. The number of rotatable bonds is 4. The maximum Gasteiger partial charge on any atom is 0.363 e. The molecule has 2 aromatic carbocycles. The molecule has 0 aromatic heterocycles.